The maximum Gasteiger partial charge on any atom is 1.00 e. The van der Waals surface area contributed by atoms with Crippen LogP contribution >= 0.6 is 0 Å². The van der Waals surface area contributed by atoms with Gasteiger partial charge in [-0.15, -0.1) is 0 Å². The number of nitrogens with one attached hydrogen (secondary N) is 1. The summed E-state index contributed by atoms with van der Waals surface area (Å²) in [5.41, 5.74) is 0. The summed E-state index contributed by atoms with van der Waals surface area (Å²) in [4.78, 5) is 9.82. The predicted octanol–water partition coefficient (Wildman–Crippen LogP) is -3.87. The van der Waals surface area contributed by atoms with Gasteiger partial charge in [-0.3, -0.25) is 0 Å². The Morgan fingerprint density at radius 3 is 2.60 bits per heavy atom. The average molecular weight is 169 g/mol. The van der Waals surface area contributed by atoms with Crippen molar-refractivity contribution in [1.29, 1.82) is 0 Å². The minimum Gasteiger partial charge on any atom is -0.550 e. The van der Waals surface area contributed by atoms with E-state index in [1.807, 2.05) is 6.92 Å². The molecule has 0 aromatic rings. The average Bonchev–Trinajstić information content (AvgIpc) is 1.80. The number of hydrogen-bond acceptors (Lipinski definition) is 3. The quantitative estimate of drug-likeness (QED) is 0.338. The van der Waals surface area contributed by atoms with Crippen molar-refractivity contribution in [3.05, 3.63) is 0 Å². The Hall–Kier alpha value is 1.07. The van der Waals surface area contributed by atoms with Crippen molar-refractivity contribution in [2.24, 2.45) is 0 Å². The molecule has 1 N–H and O–H groups in total. The SMILES string of the molecule is CCNCCCC(=O)[O-].[K+]. The van der Waals surface area contributed by atoms with E-state index < -0.39 is 5.97 Å². The van der Waals surface area contributed by atoms with Gasteiger partial charge in [-0.25, -0.2) is 0 Å². The largest absolute Gasteiger partial charge is 1.00 e. The first-order valence-corrected chi connectivity index (χ1v) is 3.18. The van der Waals surface area contributed by atoms with E-state index in [1.54, 1.807) is 0 Å². The zero-order valence-electron chi connectivity index (χ0n) is 6.64. The van der Waals surface area contributed by atoms with Gasteiger partial charge in [0.1, 0.15) is 0 Å². The number of carbonyl (C=O) groups is 1. The molecule has 0 rings (SSSR count). The summed E-state index contributed by atoms with van der Waals surface area (Å²) >= 11 is 0. The molecule has 0 fully saturated rings. The van der Waals surface area contributed by atoms with Gasteiger partial charge in [-0.05, 0) is 25.9 Å². The first kappa shape index (κ1) is 13.6. The summed E-state index contributed by atoms with van der Waals surface area (Å²) in [6, 6.07) is 0. The Balaban J connectivity index is 0. The van der Waals surface area contributed by atoms with Crippen LogP contribution in [-0.2, 0) is 4.79 Å². The van der Waals surface area contributed by atoms with E-state index >= 15 is 0 Å². The van der Waals surface area contributed by atoms with Gasteiger partial charge < -0.3 is 15.2 Å². The fourth-order valence-electron chi connectivity index (χ4n) is 0.535. The van der Waals surface area contributed by atoms with Crippen LogP contribution in [0.25, 0.3) is 0 Å². The second kappa shape index (κ2) is 10.1. The second-order valence-corrected chi connectivity index (χ2v) is 1.83. The third kappa shape index (κ3) is 11.8. The monoisotopic (exact) mass is 169 g/mol. The van der Waals surface area contributed by atoms with E-state index in [9.17, 15) is 9.90 Å². The van der Waals surface area contributed by atoms with Gasteiger partial charge in [0.15, 0.2) is 0 Å². The van der Waals surface area contributed by atoms with Crippen LogP contribution < -0.4 is 61.8 Å². The van der Waals surface area contributed by atoms with Crippen LogP contribution in [0.1, 0.15) is 19.8 Å². The van der Waals surface area contributed by atoms with Gasteiger partial charge in [-0.1, -0.05) is 6.92 Å². The number of hydrogen-bond donors (Lipinski definition) is 1. The molecule has 0 radical (unpaired) electrons. The molecule has 0 aliphatic carbocycles. The van der Waals surface area contributed by atoms with E-state index in [1.165, 1.54) is 0 Å². The zero-order chi connectivity index (χ0) is 7.11. The normalized spacial score (nSPS) is 8.50. The smallest absolute Gasteiger partial charge is 0.550 e. The summed E-state index contributed by atoms with van der Waals surface area (Å²) in [7, 11) is 0. The number of carboxylic acid groups (broad SMARTS) is 1. The molecule has 0 aliphatic heterocycles. The molecular weight excluding hydrogens is 157 g/mol. The molecule has 0 saturated carbocycles. The van der Waals surface area contributed by atoms with Crippen molar-refractivity contribution in [2.75, 3.05) is 13.1 Å². The molecule has 0 heterocycles. The molecule has 0 unspecified atom stereocenters. The summed E-state index contributed by atoms with van der Waals surface area (Å²) in [5.74, 6) is -0.965. The van der Waals surface area contributed by atoms with Crippen molar-refractivity contribution >= 4 is 5.97 Å². The Bertz CT molecular complexity index is 87.8. The minimum absolute atomic E-state index is 0. The molecule has 10 heavy (non-hydrogen) atoms. The molecule has 0 aromatic heterocycles. The van der Waals surface area contributed by atoms with E-state index in [-0.39, 0.29) is 57.8 Å². The van der Waals surface area contributed by atoms with E-state index in [4.69, 9.17) is 0 Å². The van der Waals surface area contributed by atoms with Crippen LogP contribution in [0.15, 0.2) is 0 Å². The molecule has 0 atom stereocenters. The van der Waals surface area contributed by atoms with Crippen molar-refractivity contribution in [1.82, 2.24) is 5.32 Å². The topological polar surface area (TPSA) is 52.2 Å². The minimum atomic E-state index is -0.965. The Kier molecular flexibility index (Phi) is 13.7. The van der Waals surface area contributed by atoms with Crippen molar-refractivity contribution in [2.45, 2.75) is 19.8 Å². The number of carbonyl (C=O) groups excluding carboxylic acids is 1. The van der Waals surface area contributed by atoms with Gasteiger partial charge in [0.25, 0.3) is 0 Å². The van der Waals surface area contributed by atoms with Gasteiger partial charge in [0, 0.05) is 5.97 Å². The van der Waals surface area contributed by atoms with Gasteiger partial charge in [0.2, 0.25) is 0 Å². The fraction of sp³-hybridized carbons (Fsp3) is 0.833. The molecule has 0 spiro atoms. The van der Waals surface area contributed by atoms with Gasteiger partial charge in [-0.2, -0.15) is 0 Å². The van der Waals surface area contributed by atoms with Crippen LogP contribution in [0.2, 0.25) is 0 Å². The van der Waals surface area contributed by atoms with Crippen molar-refractivity contribution in [3.8, 4) is 0 Å². The van der Waals surface area contributed by atoms with Crippen LogP contribution in [0.5, 0.6) is 0 Å². The third-order valence-corrected chi connectivity index (χ3v) is 0.984. The molecule has 0 saturated heterocycles. The van der Waals surface area contributed by atoms with Crippen molar-refractivity contribution < 1.29 is 61.3 Å². The first-order valence-electron chi connectivity index (χ1n) is 3.18. The summed E-state index contributed by atoms with van der Waals surface area (Å²) < 4.78 is 0. The first-order chi connectivity index (χ1) is 4.27. The maximum absolute atomic E-state index is 9.82. The third-order valence-electron chi connectivity index (χ3n) is 0.984. The Morgan fingerprint density at radius 2 is 2.20 bits per heavy atom. The second-order valence-electron chi connectivity index (χ2n) is 1.83. The number of aliphatic carboxylic acids is 1. The number of rotatable bonds is 5. The number of carboxylic acids is 1. The van der Waals surface area contributed by atoms with Gasteiger partial charge >= 0.3 is 51.4 Å². The summed E-state index contributed by atoms with van der Waals surface area (Å²) in [5, 5.41) is 12.8. The molecule has 0 aromatic carbocycles. The summed E-state index contributed by atoms with van der Waals surface area (Å²) in [6.07, 6.45) is 0.823. The summed E-state index contributed by atoms with van der Waals surface area (Å²) in [6.45, 7) is 3.65. The van der Waals surface area contributed by atoms with E-state index in [2.05, 4.69) is 5.32 Å². The maximum atomic E-state index is 9.82. The molecule has 0 amide bonds. The van der Waals surface area contributed by atoms with E-state index in [0.717, 1.165) is 13.1 Å². The van der Waals surface area contributed by atoms with Crippen LogP contribution in [0, 0.1) is 0 Å². The molecule has 54 valence electrons. The van der Waals surface area contributed by atoms with Crippen LogP contribution in [0.4, 0.5) is 0 Å². The molecule has 4 heteroatoms. The molecule has 3 nitrogen and oxygen atoms in total. The fourth-order valence-corrected chi connectivity index (χ4v) is 0.535. The zero-order valence-corrected chi connectivity index (χ0v) is 9.77. The molecule has 0 bridgehead atoms. The molecular formula is C6H12KNO2. The molecule has 0 aliphatic rings. The predicted molar refractivity (Wildman–Crippen MR) is 32.8 cm³/mol. The van der Waals surface area contributed by atoms with Crippen molar-refractivity contribution in [3.63, 3.8) is 0 Å². The Labute approximate surface area is 104 Å². The van der Waals surface area contributed by atoms with Gasteiger partial charge in [0.05, 0.1) is 0 Å². The Morgan fingerprint density at radius 1 is 1.60 bits per heavy atom. The van der Waals surface area contributed by atoms with Crippen LogP contribution in [0.3, 0.4) is 0 Å². The van der Waals surface area contributed by atoms with E-state index in [0.29, 0.717) is 6.42 Å². The standard InChI is InChI=1S/C6H13NO2.K/c1-2-7-5-3-4-6(8)9;/h7H,2-5H2,1H3,(H,8,9);/q;+1/p-1. The van der Waals surface area contributed by atoms with Crippen LogP contribution in [-0.4, -0.2) is 19.1 Å².